The van der Waals surface area contributed by atoms with Crippen LogP contribution in [0.1, 0.15) is 23.1 Å². The van der Waals surface area contributed by atoms with Gasteiger partial charge in [-0.05, 0) is 28.9 Å². The Balaban J connectivity index is 2.17. The molecule has 84 valence electrons. The molecule has 0 bridgehead atoms. The summed E-state index contributed by atoms with van der Waals surface area (Å²) in [6, 6.07) is 1.64. The van der Waals surface area contributed by atoms with E-state index in [4.69, 9.17) is 4.42 Å². The van der Waals surface area contributed by atoms with Gasteiger partial charge in [-0.2, -0.15) is 5.10 Å². The summed E-state index contributed by atoms with van der Waals surface area (Å²) in [5.41, 5.74) is 0.533. The lowest BCUT2D eigenvalue weighted by Crippen LogP contribution is -2.10. The molecule has 0 amide bonds. The van der Waals surface area contributed by atoms with Crippen LogP contribution in [0.25, 0.3) is 0 Å². The Bertz CT molecular complexity index is 504. The molecule has 0 aliphatic heterocycles. The van der Waals surface area contributed by atoms with E-state index < -0.39 is 0 Å². The van der Waals surface area contributed by atoms with Crippen molar-refractivity contribution in [2.75, 3.05) is 0 Å². The average molecular weight is 284 g/mol. The zero-order valence-electron chi connectivity index (χ0n) is 8.68. The minimum absolute atomic E-state index is 0.0386. The van der Waals surface area contributed by atoms with Crippen LogP contribution in [0.4, 0.5) is 0 Å². The molecular weight excluding hydrogens is 274 g/mol. The fraction of sp³-hybridized carbons (Fsp3) is 0.300. The van der Waals surface area contributed by atoms with Crippen LogP contribution in [0, 0.1) is 0 Å². The van der Waals surface area contributed by atoms with Gasteiger partial charge in [-0.25, -0.2) is 9.67 Å². The summed E-state index contributed by atoms with van der Waals surface area (Å²) in [5, 5.41) is 4.01. The second-order valence-electron chi connectivity index (χ2n) is 3.20. The highest BCUT2D eigenvalue weighted by Gasteiger charge is 2.15. The van der Waals surface area contributed by atoms with Crippen LogP contribution in [0.15, 0.2) is 27.7 Å². The number of furan rings is 1. The van der Waals surface area contributed by atoms with Gasteiger partial charge in [0.15, 0.2) is 10.5 Å². The maximum atomic E-state index is 11.9. The molecule has 0 saturated heterocycles. The molecule has 0 fully saturated rings. The number of aromatic nitrogens is 3. The van der Waals surface area contributed by atoms with Crippen molar-refractivity contribution in [3.05, 3.63) is 34.7 Å². The number of halogens is 1. The molecule has 2 aromatic rings. The summed E-state index contributed by atoms with van der Waals surface area (Å²) >= 11 is 3.18. The van der Waals surface area contributed by atoms with Crippen LogP contribution in [0.5, 0.6) is 0 Å². The van der Waals surface area contributed by atoms with Crippen molar-refractivity contribution in [1.29, 1.82) is 0 Å². The normalized spacial score (nSPS) is 10.6. The fourth-order valence-corrected chi connectivity index (χ4v) is 1.88. The SMILES string of the molecule is CCn1ncnc1CC(=O)c1ccoc1Br. The first-order valence-electron chi connectivity index (χ1n) is 4.85. The number of carbonyl (C=O) groups is 1. The van der Waals surface area contributed by atoms with E-state index in [1.54, 1.807) is 10.7 Å². The molecule has 0 aromatic carbocycles. The van der Waals surface area contributed by atoms with E-state index in [-0.39, 0.29) is 12.2 Å². The lowest BCUT2D eigenvalue weighted by molar-refractivity contribution is 0.0987. The summed E-state index contributed by atoms with van der Waals surface area (Å²) in [5.74, 6) is 0.629. The molecule has 6 heteroatoms. The van der Waals surface area contributed by atoms with Crippen LogP contribution in [0.2, 0.25) is 0 Å². The molecule has 0 unspecified atom stereocenters. The number of hydrogen-bond acceptors (Lipinski definition) is 4. The van der Waals surface area contributed by atoms with Gasteiger partial charge in [-0.15, -0.1) is 0 Å². The summed E-state index contributed by atoms with van der Waals surface area (Å²) in [4.78, 5) is 15.9. The molecule has 0 aliphatic rings. The number of rotatable bonds is 4. The van der Waals surface area contributed by atoms with Gasteiger partial charge in [0.1, 0.15) is 12.2 Å². The highest BCUT2D eigenvalue weighted by Crippen LogP contribution is 2.19. The maximum absolute atomic E-state index is 11.9. The second-order valence-corrected chi connectivity index (χ2v) is 3.92. The van der Waals surface area contributed by atoms with Gasteiger partial charge >= 0.3 is 0 Å². The molecule has 2 aromatic heterocycles. The van der Waals surface area contributed by atoms with Crippen molar-refractivity contribution in [2.24, 2.45) is 0 Å². The molecule has 0 atom stereocenters. The molecule has 0 aliphatic carbocycles. The van der Waals surface area contributed by atoms with E-state index in [1.165, 1.54) is 12.6 Å². The molecule has 0 saturated carbocycles. The lowest BCUT2D eigenvalue weighted by atomic mass is 10.1. The van der Waals surface area contributed by atoms with Gasteiger partial charge in [0.05, 0.1) is 18.2 Å². The topological polar surface area (TPSA) is 60.9 Å². The summed E-state index contributed by atoms with van der Waals surface area (Å²) in [7, 11) is 0. The molecule has 0 spiro atoms. The Labute approximate surface area is 101 Å². The number of Topliss-reactive ketones (excluding diaryl/α,β-unsaturated/α-hetero) is 1. The Morgan fingerprint density at radius 3 is 3.06 bits per heavy atom. The van der Waals surface area contributed by atoms with Crippen molar-refractivity contribution >= 4 is 21.7 Å². The molecular formula is C10H10BrN3O2. The van der Waals surface area contributed by atoms with Crippen LogP contribution in [-0.2, 0) is 13.0 Å². The lowest BCUT2D eigenvalue weighted by Gasteiger charge is -2.01. The van der Waals surface area contributed by atoms with Crippen molar-refractivity contribution in [1.82, 2.24) is 14.8 Å². The zero-order valence-corrected chi connectivity index (χ0v) is 10.3. The van der Waals surface area contributed by atoms with Gasteiger partial charge in [-0.3, -0.25) is 4.79 Å². The fourth-order valence-electron chi connectivity index (χ4n) is 1.42. The quantitative estimate of drug-likeness (QED) is 0.806. The van der Waals surface area contributed by atoms with E-state index >= 15 is 0 Å². The van der Waals surface area contributed by atoms with Gasteiger partial charge in [0.25, 0.3) is 0 Å². The number of aryl methyl sites for hydroxylation is 1. The van der Waals surface area contributed by atoms with Crippen molar-refractivity contribution in [3.8, 4) is 0 Å². The standard InChI is InChI=1S/C10H10BrN3O2/c1-2-14-9(12-6-13-14)5-8(15)7-3-4-16-10(7)11/h3-4,6H,2,5H2,1H3. The number of ketones is 1. The third-order valence-corrected chi connectivity index (χ3v) is 2.85. The van der Waals surface area contributed by atoms with E-state index in [1.807, 2.05) is 6.92 Å². The van der Waals surface area contributed by atoms with Gasteiger partial charge in [-0.1, -0.05) is 0 Å². The maximum Gasteiger partial charge on any atom is 0.179 e. The highest BCUT2D eigenvalue weighted by atomic mass is 79.9. The van der Waals surface area contributed by atoms with Crippen LogP contribution < -0.4 is 0 Å². The smallest absolute Gasteiger partial charge is 0.179 e. The van der Waals surface area contributed by atoms with Crippen LogP contribution in [-0.4, -0.2) is 20.5 Å². The molecule has 0 N–H and O–H groups in total. The van der Waals surface area contributed by atoms with Gasteiger partial charge < -0.3 is 4.42 Å². The average Bonchev–Trinajstić information content (AvgIpc) is 2.86. The van der Waals surface area contributed by atoms with E-state index in [0.717, 1.165) is 0 Å². The highest BCUT2D eigenvalue weighted by molar-refractivity contribution is 9.10. The number of hydrogen-bond donors (Lipinski definition) is 0. The molecule has 16 heavy (non-hydrogen) atoms. The Kier molecular flexibility index (Phi) is 3.19. The third-order valence-electron chi connectivity index (χ3n) is 2.23. The third kappa shape index (κ3) is 2.06. The van der Waals surface area contributed by atoms with E-state index in [2.05, 4.69) is 26.0 Å². The summed E-state index contributed by atoms with van der Waals surface area (Å²) in [6.45, 7) is 2.66. The summed E-state index contributed by atoms with van der Waals surface area (Å²) in [6.07, 6.45) is 3.16. The van der Waals surface area contributed by atoms with Crippen molar-refractivity contribution < 1.29 is 9.21 Å². The molecule has 5 nitrogen and oxygen atoms in total. The summed E-state index contributed by atoms with van der Waals surface area (Å²) < 4.78 is 7.17. The first kappa shape index (κ1) is 11.1. The second kappa shape index (κ2) is 4.61. The predicted molar refractivity (Wildman–Crippen MR) is 60.1 cm³/mol. The van der Waals surface area contributed by atoms with Crippen molar-refractivity contribution in [2.45, 2.75) is 19.9 Å². The molecule has 0 radical (unpaired) electrons. The Morgan fingerprint density at radius 1 is 1.62 bits per heavy atom. The van der Waals surface area contributed by atoms with E-state index in [0.29, 0.717) is 22.6 Å². The van der Waals surface area contributed by atoms with Gasteiger partial charge in [0, 0.05) is 6.54 Å². The Hall–Kier alpha value is -1.43. The predicted octanol–water partition coefficient (Wildman–Crippen LogP) is 2.08. The first-order chi connectivity index (χ1) is 7.72. The number of carbonyl (C=O) groups excluding carboxylic acids is 1. The minimum atomic E-state index is -0.0386. The zero-order chi connectivity index (χ0) is 11.5. The number of nitrogens with zero attached hydrogens (tertiary/aromatic N) is 3. The largest absolute Gasteiger partial charge is 0.457 e. The molecule has 2 heterocycles. The molecule has 2 rings (SSSR count). The minimum Gasteiger partial charge on any atom is -0.457 e. The van der Waals surface area contributed by atoms with Crippen LogP contribution in [0.3, 0.4) is 0 Å². The van der Waals surface area contributed by atoms with Gasteiger partial charge in [0.2, 0.25) is 0 Å². The monoisotopic (exact) mass is 283 g/mol. The van der Waals surface area contributed by atoms with E-state index in [9.17, 15) is 4.79 Å². The van der Waals surface area contributed by atoms with Crippen molar-refractivity contribution in [3.63, 3.8) is 0 Å². The first-order valence-corrected chi connectivity index (χ1v) is 5.64. The Morgan fingerprint density at radius 2 is 2.44 bits per heavy atom. The van der Waals surface area contributed by atoms with Crippen LogP contribution >= 0.6 is 15.9 Å².